The molecule has 0 aliphatic carbocycles. The number of carbonyl (C=O) groups excluding carboxylic acids is 1. The lowest BCUT2D eigenvalue weighted by Gasteiger charge is -2.13. The lowest BCUT2D eigenvalue weighted by Crippen LogP contribution is -2.32. The standard InChI is InChI=1S/C21H15F4NO4S/c22-16-9-5-14(6-10-16)13-30-17-11-7-15(8-12-17)20(27)26-31(28,29)19-4-2-1-3-18(19)21(23,24)25/h1-12H,13H2,(H,26,27). The molecule has 0 fully saturated rings. The summed E-state index contributed by atoms with van der Waals surface area (Å²) in [7, 11) is -4.76. The van der Waals surface area contributed by atoms with Gasteiger partial charge in [0.15, 0.2) is 0 Å². The number of halogens is 4. The Morgan fingerprint density at radius 2 is 1.52 bits per heavy atom. The zero-order valence-electron chi connectivity index (χ0n) is 15.7. The average Bonchev–Trinajstić information content (AvgIpc) is 2.73. The van der Waals surface area contributed by atoms with E-state index in [2.05, 4.69) is 0 Å². The van der Waals surface area contributed by atoms with E-state index in [-0.39, 0.29) is 18.0 Å². The number of hydrogen-bond donors (Lipinski definition) is 1. The highest BCUT2D eigenvalue weighted by atomic mass is 32.2. The normalized spacial score (nSPS) is 11.7. The van der Waals surface area contributed by atoms with Crippen LogP contribution in [0, 0.1) is 5.82 Å². The van der Waals surface area contributed by atoms with Gasteiger partial charge in [0, 0.05) is 5.56 Å². The Balaban J connectivity index is 1.70. The summed E-state index contributed by atoms with van der Waals surface area (Å²) < 4.78 is 84.0. The van der Waals surface area contributed by atoms with E-state index in [1.807, 2.05) is 0 Å². The van der Waals surface area contributed by atoms with E-state index in [1.54, 1.807) is 16.9 Å². The zero-order valence-corrected chi connectivity index (χ0v) is 16.5. The Morgan fingerprint density at radius 3 is 2.13 bits per heavy atom. The summed E-state index contributed by atoms with van der Waals surface area (Å²) in [5.74, 6) is -1.12. The summed E-state index contributed by atoms with van der Waals surface area (Å²) in [6.45, 7) is 0.133. The smallest absolute Gasteiger partial charge is 0.417 e. The number of amides is 1. The molecule has 0 aliphatic rings. The Kier molecular flexibility index (Phi) is 6.30. The Morgan fingerprint density at radius 1 is 0.903 bits per heavy atom. The van der Waals surface area contributed by atoms with Crippen molar-refractivity contribution < 1.29 is 35.5 Å². The van der Waals surface area contributed by atoms with Crippen LogP contribution in [0.2, 0.25) is 0 Å². The molecule has 0 heterocycles. The van der Waals surface area contributed by atoms with Gasteiger partial charge in [-0.05, 0) is 54.1 Å². The molecule has 0 aromatic heterocycles. The summed E-state index contributed by atoms with van der Waals surface area (Å²) in [4.78, 5) is 11.2. The number of sulfonamides is 1. The summed E-state index contributed by atoms with van der Waals surface area (Å²) in [5.41, 5.74) is -0.764. The van der Waals surface area contributed by atoms with E-state index in [1.165, 1.54) is 36.4 Å². The van der Waals surface area contributed by atoms with Crippen molar-refractivity contribution in [2.75, 3.05) is 0 Å². The molecule has 1 N–H and O–H groups in total. The maximum atomic E-state index is 13.1. The molecule has 0 atom stereocenters. The van der Waals surface area contributed by atoms with E-state index in [0.29, 0.717) is 17.4 Å². The van der Waals surface area contributed by atoms with Crippen molar-refractivity contribution in [1.29, 1.82) is 0 Å². The first-order valence-electron chi connectivity index (χ1n) is 8.77. The summed E-state index contributed by atoms with van der Waals surface area (Å²) >= 11 is 0. The molecular weight excluding hydrogens is 438 g/mol. The van der Waals surface area contributed by atoms with Gasteiger partial charge in [-0.15, -0.1) is 0 Å². The summed E-state index contributed by atoms with van der Waals surface area (Å²) in [6, 6.07) is 14.5. The number of hydrogen-bond acceptors (Lipinski definition) is 4. The highest BCUT2D eigenvalue weighted by Gasteiger charge is 2.37. The highest BCUT2D eigenvalue weighted by Crippen LogP contribution is 2.33. The van der Waals surface area contributed by atoms with Gasteiger partial charge in [0.2, 0.25) is 0 Å². The van der Waals surface area contributed by atoms with Gasteiger partial charge in [-0.3, -0.25) is 4.79 Å². The molecule has 0 saturated carbocycles. The third kappa shape index (κ3) is 5.60. The third-order valence-electron chi connectivity index (χ3n) is 4.14. The number of rotatable bonds is 6. The van der Waals surface area contributed by atoms with Crippen molar-refractivity contribution in [2.24, 2.45) is 0 Å². The predicted octanol–water partition coefficient (Wildman–Crippen LogP) is 4.54. The minimum atomic E-state index is -4.90. The molecule has 31 heavy (non-hydrogen) atoms. The molecule has 5 nitrogen and oxygen atoms in total. The molecule has 3 aromatic rings. The fourth-order valence-corrected chi connectivity index (χ4v) is 3.82. The average molecular weight is 453 g/mol. The van der Waals surface area contributed by atoms with Crippen LogP contribution in [0.15, 0.2) is 77.7 Å². The fraction of sp³-hybridized carbons (Fsp3) is 0.0952. The maximum absolute atomic E-state index is 13.1. The van der Waals surface area contributed by atoms with Crippen molar-refractivity contribution in [3.63, 3.8) is 0 Å². The second-order valence-corrected chi connectivity index (χ2v) is 8.02. The van der Waals surface area contributed by atoms with Crippen molar-refractivity contribution in [3.8, 4) is 5.75 Å². The second kappa shape index (κ2) is 8.76. The van der Waals surface area contributed by atoms with Crippen LogP contribution in [-0.4, -0.2) is 14.3 Å². The van der Waals surface area contributed by atoms with Crippen LogP contribution in [0.1, 0.15) is 21.5 Å². The predicted molar refractivity (Wildman–Crippen MR) is 103 cm³/mol. The van der Waals surface area contributed by atoms with Gasteiger partial charge in [-0.2, -0.15) is 13.2 Å². The zero-order chi connectivity index (χ0) is 22.6. The lowest BCUT2D eigenvalue weighted by molar-refractivity contribution is -0.139. The number of ether oxygens (including phenoxy) is 1. The first-order valence-corrected chi connectivity index (χ1v) is 10.3. The molecule has 0 saturated heterocycles. The van der Waals surface area contributed by atoms with Gasteiger partial charge in [0.05, 0.1) is 10.5 Å². The Hall–Kier alpha value is -3.40. The second-order valence-electron chi connectivity index (χ2n) is 6.37. The van der Waals surface area contributed by atoms with Crippen LogP contribution in [0.25, 0.3) is 0 Å². The number of carbonyl (C=O) groups is 1. The van der Waals surface area contributed by atoms with E-state index in [0.717, 1.165) is 18.2 Å². The van der Waals surface area contributed by atoms with Crippen molar-refractivity contribution in [1.82, 2.24) is 4.72 Å². The van der Waals surface area contributed by atoms with Gasteiger partial charge in [-0.25, -0.2) is 17.5 Å². The quantitative estimate of drug-likeness (QED) is 0.557. The van der Waals surface area contributed by atoms with E-state index < -0.39 is 32.6 Å². The SMILES string of the molecule is O=C(NS(=O)(=O)c1ccccc1C(F)(F)F)c1ccc(OCc2ccc(F)cc2)cc1. The van der Waals surface area contributed by atoms with Gasteiger partial charge in [0.1, 0.15) is 18.2 Å². The molecule has 162 valence electrons. The number of nitrogens with one attached hydrogen (secondary N) is 1. The number of alkyl halides is 3. The van der Waals surface area contributed by atoms with Crippen LogP contribution in [0.5, 0.6) is 5.75 Å². The minimum absolute atomic E-state index is 0.0952. The topological polar surface area (TPSA) is 72.5 Å². The molecule has 1 amide bonds. The monoisotopic (exact) mass is 453 g/mol. The molecule has 0 aliphatic heterocycles. The van der Waals surface area contributed by atoms with E-state index in [9.17, 15) is 30.8 Å². The molecule has 0 bridgehead atoms. The van der Waals surface area contributed by atoms with E-state index in [4.69, 9.17) is 4.74 Å². The molecule has 0 unspecified atom stereocenters. The van der Waals surface area contributed by atoms with Crippen LogP contribution >= 0.6 is 0 Å². The minimum Gasteiger partial charge on any atom is -0.489 e. The molecule has 3 aromatic carbocycles. The molecule has 3 rings (SSSR count). The van der Waals surface area contributed by atoms with Crippen LogP contribution in [0.3, 0.4) is 0 Å². The molecule has 0 radical (unpaired) electrons. The lowest BCUT2D eigenvalue weighted by atomic mass is 10.2. The van der Waals surface area contributed by atoms with E-state index >= 15 is 0 Å². The largest absolute Gasteiger partial charge is 0.489 e. The van der Waals surface area contributed by atoms with Crippen molar-refractivity contribution >= 4 is 15.9 Å². The summed E-state index contributed by atoms with van der Waals surface area (Å²) in [5, 5.41) is 0. The first-order chi connectivity index (χ1) is 14.6. The van der Waals surface area contributed by atoms with Gasteiger partial charge >= 0.3 is 6.18 Å². The van der Waals surface area contributed by atoms with Crippen LogP contribution in [0.4, 0.5) is 17.6 Å². The van der Waals surface area contributed by atoms with Gasteiger partial charge in [-0.1, -0.05) is 24.3 Å². The Bertz CT molecular complexity index is 1180. The van der Waals surface area contributed by atoms with Crippen LogP contribution < -0.4 is 9.46 Å². The number of benzene rings is 3. The van der Waals surface area contributed by atoms with Crippen molar-refractivity contribution in [2.45, 2.75) is 17.7 Å². The molecular formula is C21H15F4NO4S. The molecule has 0 spiro atoms. The Labute approximate surface area is 175 Å². The molecule has 10 heteroatoms. The maximum Gasteiger partial charge on any atom is 0.417 e. The third-order valence-corrected chi connectivity index (χ3v) is 5.53. The van der Waals surface area contributed by atoms with Crippen LogP contribution in [-0.2, 0) is 22.8 Å². The summed E-state index contributed by atoms with van der Waals surface area (Å²) in [6.07, 6.45) is -4.90. The van der Waals surface area contributed by atoms with Gasteiger partial charge in [0.25, 0.3) is 15.9 Å². The fourth-order valence-electron chi connectivity index (χ4n) is 2.62. The highest BCUT2D eigenvalue weighted by molar-refractivity contribution is 7.90. The van der Waals surface area contributed by atoms with Gasteiger partial charge < -0.3 is 4.74 Å². The van der Waals surface area contributed by atoms with Crippen molar-refractivity contribution in [3.05, 3.63) is 95.3 Å². The first kappa shape index (κ1) is 22.3.